The fourth-order valence-corrected chi connectivity index (χ4v) is 3.42. The van der Waals surface area contributed by atoms with Gasteiger partial charge in [-0.3, -0.25) is 5.43 Å². The summed E-state index contributed by atoms with van der Waals surface area (Å²) in [4.78, 5) is 9.17. The normalized spacial score (nSPS) is 11.2. The van der Waals surface area contributed by atoms with Crippen LogP contribution in [-0.4, -0.2) is 15.7 Å². The van der Waals surface area contributed by atoms with Crippen molar-refractivity contribution >= 4 is 43.5 Å². The number of rotatable bonds is 3. The van der Waals surface area contributed by atoms with E-state index < -0.39 is 0 Å². The average molecular weight is 350 g/mol. The summed E-state index contributed by atoms with van der Waals surface area (Å²) in [7, 11) is 0. The molecule has 5 nitrogen and oxygen atoms in total. The Labute approximate surface area is 149 Å². The molecule has 4 aromatic rings. The molecule has 0 spiro atoms. The van der Waals surface area contributed by atoms with E-state index in [1.165, 1.54) is 11.1 Å². The molecule has 0 bridgehead atoms. The summed E-state index contributed by atoms with van der Waals surface area (Å²) in [5.74, 6) is 0.632. The number of fused-ring (bicyclic) bond motifs is 2. The van der Waals surface area contributed by atoms with Gasteiger partial charge in [0.05, 0.1) is 10.2 Å². The Kier molecular flexibility index (Phi) is 3.77. The molecule has 0 fully saturated rings. The molecule has 6 heteroatoms. The van der Waals surface area contributed by atoms with E-state index in [-0.39, 0.29) is 0 Å². The standard InChI is InChI=1S/C19H18N4OS/c1-10(2)22-23-19-21-14-6-5-13(9-17(14)25-19)18-20-15-7-11(3)12(4)8-16(15)24-18/h5-9H,1-4H3,(H,21,23). The average Bonchev–Trinajstić information content (AvgIpc) is 3.16. The highest BCUT2D eigenvalue weighted by Gasteiger charge is 2.12. The molecule has 0 unspecified atom stereocenters. The van der Waals surface area contributed by atoms with E-state index in [2.05, 4.69) is 46.5 Å². The molecule has 2 heterocycles. The van der Waals surface area contributed by atoms with Gasteiger partial charge in [-0.2, -0.15) is 5.10 Å². The third-order valence-electron chi connectivity index (χ3n) is 4.01. The molecule has 0 aliphatic carbocycles. The first-order valence-corrected chi connectivity index (χ1v) is 8.87. The number of aromatic nitrogens is 2. The largest absolute Gasteiger partial charge is 0.436 e. The van der Waals surface area contributed by atoms with Gasteiger partial charge in [0.2, 0.25) is 11.0 Å². The summed E-state index contributed by atoms with van der Waals surface area (Å²) in [6.45, 7) is 8.04. The van der Waals surface area contributed by atoms with Crippen LogP contribution in [0, 0.1) is 13.8 Å². The number of nitrogens with one attached hydrogen (secondary N) is 1. The van der Waals surface area contributed by atoms with Gasteiger partial charge in [-0.05, 0) is 69.2 Å². The van der Waals surface area contributed by atoms with Gasteiger partial charge in [0.25, 0.3) is 0 Å². The maximum Gasteiger partial charge on any atom is 0.227 e. The maximum atomic E-state index is 5.96. The molecule has 0 saturated carbocycles. The number of nitrogens with zero attached hydrogens (tertiary/aromatic N) is 3. The zero-order chi connectivity index (χ0) is 17.6. The molecule has 0 aliphatic heterocycles. The molecule has 0 atom stereocenters. The van der Waals surface area contributed by atoms with Gasteiger partial charge in [-0.1, -0.05) is 11.3 Å². The van der Waals surface area contributed by atoms with Gasteiger partial charge in [0.1, 0.15) is 5.52 Å². The van der Waals surface area contributed by atoms with Crippen molar-refractivity contribution in [2.24, 2.45) is 5.10 Å². The summed E-state index contributed by atoms with van der Waals surface area (Å²) in [5, 5.41) is 4.97. The second-order valence-corrected chi connectivity index (χ2v) is 7.33. The van der Waals surface area contributed by atoms with E-state index in [1.807, 2.05) is 32.0 Å². The molecule has 126 valence electrons. The van der Waals surface area contributed by atoms with Gasteiger partial charge in [-0.15, -0.1) is 0 Å². The Morgan fingerprint density at radius 3 is 2.64 bits per heavy atom. The number of benzene rings is 2. The highest BCUT2D eigenvalue weighted by atomic mass is 32.1. The van der Waals surface area contributed by atoms with Crippen LogP contribution in [0.5, 0.6) is 0 Å². The third-order valence-corrected chi connectivity index (χ3v) is 4.94. The monoisotopic (exact) mass is 350 g/mol. The molecular weight excluding hydrogens is 332 g/mol. The smallest absolute Gasteiger partial charge is 0.227 e. The molecular formula is C19H18N4OS. The minimum atomic E-state index is 0.632. The second-order valence-electron chi connectivity index (χ2n) is 6.30. The molecule has 0 amide bonds. The number of hydrazone groups is 1. The van der Waals surface area contributed by atoms with Gasteiger partial charge in [0, 0.05) is 11.3 Å². The van der Waals surface area contributed by atoms with E-state index >= 15 is 0 Å². The van der Waals surface area contributed by atoms with E-state index in [9.17, 15) is 0 Å². The van der Waals surface area contributed by atoms with Gasteiger partial charge < -0.3 is 4.42 Å². The van der Waals surface area contributed by atoms with E-state index in [1.54, 1.807) is 11.3 Å². The topological polar surface area (TPSA) is 63.3 Å². The Bertz CT molecular complexity index is 1080. The third kappa shape index (κ3) is 3.00. The number of oxazole rings is 1. The molecule has 0 saturated heterocycles. The van der Waals surface area contributed by atoms with Crippen LogP contribution in [0.15, 0.2) is 39.9 Å². The van der Waals surface area contributed by atoms with Crippen LogP contribution in [0.1, 0.15) is 25.0 Å². The van der Waals surface area contributed by atoms with Crippen LogP contribution < -0.4 is 5.43 Å². The lowest BCUT2D eigenvalue weighted by Gasteiger charge is -1.96. The van der Waals surface area contributed by atoms with Crippen molar-refractivity contribution in [1.29, 1.82) is 0 Å². The Balaban J connectivity index is 1.75. The summed E-state index contributed by atoms with van der Waals surface area (Å²) in [6, 6.07) is 10.1. The minimum absolute atomic E-state index is 0.632. The first-order chi connectivity index (χ1) is 12.0. The summed E-state index contributed by atoms with van der Waals surface area (Å²) < 4.78 is 7.03. The fourth-order valence-electron chi connectivity index (χ4n) is 2.57. The Morgan fingerprint density at radius 1 is 1.04 bits per heavy atom. The van der Waals surface area contributed by atoms with Crippen molar-refractivity contribution in [2.75, 3.05) is 5.43 Å². The van der Waals surface area contributed by atoms with Crippen molar-refractivity contribution < 1.29 is 4.42 Å². The van der Waals surface area contributed by atoms with Crippen molar-refractivity contribution in [3.63, 3.8) is 0 Å². The lowest BCUT2D eigenvalue weighted by atomic mass is 10.1. The lowest BCUT2D eigenvalue weighted by Crippen LogP contribution is -1.91. The summed E-state index contributed by atoms with van der Waals surface area (Å²) >= 11 is 1.56. The second kappa shape index (κ2) is 5.97. The number of aryl methyl sites for hydroxylation is 2. The SMILES string of the molecule is CC(C)=NNc1nc2ccc(-c3nc4cc(C)c(C)cc4o3)cc2s1. The van der Waals surface area contributed by atoms with Crippen molar-refractivity contribution in [3.05, 3.63) is 41.5 Å². The Morgan fingerprint density at radius 2 is 1.84 bits per heavy atom. The van der Waals surface area contributed by atoms with Gasteiger partial charge in [0.15, 0.2) is 5.58 Å². The van der Waals surface area contributed by atoms with Gasteiger partial charge >= 0.3 is 0 Å². The lowest BCUT2D eigenvalue weighted by molar-refractivity contribution is 0.619. The van der Waals surface area contributed by atoms with E-state index in [0.717, 1.165) is 37.7 Å². The van der Waals surface area contributed by atoms with Crippen molar-refractivity contribution in [2.45, 2.75) is 27.7 Å². The fraction of sp³-hybridized carbons (Fsp3) is 0.211. The number of hydrogen-bond donors (Lipinski definition) is 1. The zero-order valence-corrected chi connectivity index (χ0v) is 15.4. The zero-order valence-electron chi connectivity index (χ0n) is 14.5. The summed E-state index contributed by atoms with van der Waals surface area (Å²) in [5.41, 5.74) is 9.94. The molecule has 1 N–H and O–H groups in total. The Hall–Kier alpha value is -2.73. The molecule has 4 rings (SSSR count). The van der Waals surface area contributed by atoms with Crippen LogP contribution in [0.25, 0.3) is 32.8 Å². The summed E-state index contributed by atoms with van der Waals surface area (Å²) in [6.07, 6.45) is 0. The molecule has 0 aliphatic rings. The first-order valence-electron chi connectivity index (χ1n) is 8.05. The van der Waals surface area contributed by atoms with Crippen molar-refractivity contribution in [1.82, 2.24) is 9.97 Å². The quantitative estimate of drug-likeness (QED) is 0.390. The van der Waals surface area contributed by atoms with E-state index in [4.69, 9.17) is 4.42 Å². The molecule has 25 heavy (non-hydrogen) atoms. The van der Waals surface area contributed by atoms with E-state index in [0.29, 0.717) is 5.89 Å². The number of anilines is 1. The minimum Gasteiger partial charge on any atom is -0.436 e. The highest BCUT2D eigenvalue weighted by Crippen LogP contribution is 2.32. The van der Waals surface area contributed by atoms with Crippen molar-refractivity contribution in [3.8, 4) is 11.5 Å². The molecule has 2 aromatic heterocycles. The van der Waals surface area contributed by atoms with Crippen LogP contribution in [0.3, 0.4) is 0 Å². The van der Waals surface area contributed by atoms with Crippen LogP contribution in [0.2, 0.25) is 0 Å². The molecule has 2 aromatic carbocycles. The predicted molar refractivity (Wildman–Crippen MR) is 105 cm³/mol. The van der Waals surface area contributed by atoms with Crippen LogP contribution >= 0.6 is 11.3 Å². The van der Waals surface area contributed by atoms with Crippen LogP contribution in [-0.2, 0) is 0 Å². The van der Waals surface area contributed by atoms with Crippen LogP contribution in [0.4, 0.5) is 5.13 Å². The number of thiazole rings is 1. The highest BCUT2D eigenvalue weighted by molar-refractivity contribution is 7.22. The first kappa shape index (κ1) is 15.8. The molecule has 0 radical (unpaired) electrons. The number of hydrogen-bond acceptors (Lipinski definition) is 6. The van der Waals surface area contributed by atoms with Gasteiger partial charge in [-0.25, -0.2) is 9.97 Å². The maximum absolute atomic E-state index is 5.96. The predicted octanol–water partition coefficient (Wildman–Crippen LogP) is 5.53.